The van der Waals surface area contributed by atoms with Gasteiger partial charge in [-0.2, -0.15) is 0 Å². The van der Waals surface area contributed by atoms with E-state index in [0.717, 1.165) is 52.1 Å². The Kier molecular flexibility index (Phi) is 9.20. The third kappa shape index (κ3) is 6.44. The Bertz CT molecular complexity index is 4160. The highest BCUT2D eigenvalue weighted by Crippen LogP contribution is 2.46. The summed E-state index contributed by atoms with van der Waals surface area (Å²) < 4.78 is 7.45. The molecular weight excluding hydrogens is 859 g/mol. The highest BCUT2D eigenvalue weighted by atomic mass is 32.1. The SMILES string of the molecule is C1=CC(n2c3cc(-c4ccccc4)ccc3c3c(-c4cccc5c4c4ccccc4n5-c4ccccc4C4N=C(c5ccccc5)N=C(c5ccc6c(c5)sc5ccccc56)N4)cccc32)=CCC1. The second-order valence-electron chi connectivity index (χ2n) is 18.0. The maximum Gasteiger partial charge on any atom is 0.159 e. The molecule has 1 aliphatic heterocycles. The summed E-state index contributed by atoms with van der Waals surface area (Å²) in [5.41, 5.74) is 14.9. The van der Waals surface area contributed by atoms with Crippen LogP contribution in [0.3, 0.4) is 0 Å². The van der Waals surface area contributed by atoms with Gasteiger partial charge in [-0.3, -0.25) is 0 Å². The maximum absolute atomic E-state index is 5.42. The molecule has 0 spiro atoms. The summed E-state index contributed by atoms with van der Waals surface area (Å²) in [4.78, 5) is 10.7. The molecule has 9 aromatic carbocycles. The Morgan fingerprint density at radius 1 is 0.464 bits per heavy atom. The van der Waals surface area contributed by atoms with Crippen molar-refractivity contribution in [1.29, 1.82) is 0 Å². The van der Waals surface area contributed by atoms with E-state index in [1.54, 1.807) is 0 Å². The number of rotatable bonds is 7. The van der Waals surface area contributed by atoms with Gasteiger partial charge in [0.05, 0.1) is 27.8 Å². The number of aromatic nitrogens is 2. The molecule has 0 saturated heterocycles. The molecule has 0 fully saturated rings. The minimum absolute atomic E-state index is 0.426. The first kappa shape index (κ1) is 39.6. The van der Waals surface area contributed by atoms with Crippen molar-refractivity contribution in [3.63, 3.8) is 0 Å². The molecule has 69 heavy (non-hydrogen) atoms. The van der Waals surface area contributed by atoms with Crippen molar-refractivity contribution >= 4 is 92.5 Å². The van der Waals surface area contributed by atoms with Gasteiger partial charge >= 0.3 is 0 Å². The Hall–Kier alpha value is -8.58. The molecule has 4 heterocycles. The van der Waals surface area contributed by atoms with Gasteiger partial charge < -0.3 is 14.5 Å². The Morgan fingerprint density at radius 3 is 1.90 bits per heavy atom. The third-order valence-electron chi connectivity index (χ3n) is 14.0. The summed E-state index contributed by atoms with van der Waals surface area (Å²) in [6.45, 7) is 0. The van der Waals surface area contributed by atoms with Crippen LogP contribution in [-0.4, -0.2) is 20.8 Å². The van der Waals surface area contributed by atoms with Crippen LogP contribution in [0.15, 0.2) is 234 Å². The van der Waals surface area contributed by atoms with Gasteiger partial charge in [0.1, 0.15) is 12.0 Å². The number of nitrogens with zero attached hydrogens (tertiary/aromatic N) is 4. The molecule has 326 valence electrons. The van der Waals surface area contributed by atoms with Crippen molar-refractivity contribution in [3.8, 4) is 27.9 Å². The second-order valence-corrected chi connectivity index (χ2v) is 19.1. The first-order valence-corrected chi connectivity index (χ1v) is 24.6. The van der Waals surface area contributed by atoms with E-state index in [-0.39, 0.29) is 0 Å². The predicted molar refractivity (Wildman–Crippen MR) is 292 cm³/mol. The van der Waals surface area contributed by atoms with E-state index in [4.69, 9.17) is 9.98 Å². The highest BCUT2D eigenvalue weighted by Gasteiger charge is 2.27. The summed E-state index contributed by atoms with van der Waals surface area (Å²) >= 11 is 1.82. The molecule has 3 aromatic heterocycles. The standard InChI is InChI=1S/C63H43N5S/c1-4-18-40(19-5-1)42-34-37-50-56(38-42)67(44-22-8-3-9-23-44)54-31-16-27-48(60(50)54)47-28-17-32-55-59(47)49-25-10-13-29-52(49)68(55)53-30-14-11-26-51(53)63-65-61(41-20-6-2-7-21-41)64-62(66-63)43-35-36-46-45-24-12-15-33-57(45)69-58(46)39-43/h1-2,4-8,10-39,63H,3,9H2,(H,64,65,66). The topological polar surface area (TPSA) is 46.6 Å². The molecule has 12 aromatic rings. The fourth-order valence-electron chi connectivity index (χ4n) is 10.9. The van der Waals surface area contributed by atoms with E-state index in [1.807, 2.05) is 17.4 Å². The Morgan fingerprint density at radius 2 is 1.10 bits per heavy atom. The molecule has 14 rings (SSSR count). The van der Waals surface area contributed by atoms with E-state index < -0.39 is 6.17 Å². The largest absolute Gasteiger partial charge is 0.344 e. The lowest BCUT2D eigenvalue weighted by Gasteiger charge is -2.26. The number of amidine groups is 2. The van der Waals surface area contributed by atoms with Gasteiger partial charge in [-0.05, 0) is 83.6 Å². The van der Waals surface area contributed by atoms with Crippen LogP contribution in [0.1, 0.15) is 35.7 Å². The predicted octanol–water partition coefficient (Wildman–Crippen LogP) is 16.3. The van der Waals surface area contributed by atoms with Gasteiger partial charge in [-0.25, -0.2) is 9.98 Å². The van der Waals surface area contributed by atoms with Crippen LogP contribution >= 0.6 is 11.3 Å². The van der Waals surface area contributed by atoms with E-state index in [1.165, 1.54) is 80.7 Å². The number of hydrogen-bond acceptors (Lipinski definition) is 4. The normalized spacial score (nSPS) is 15.0. The number of aliphatic imine (C=N–C) groups is 2. The lowest BCUT2D eigenvalue weighted by Crippen LogP contribution is -2.34. The van der Waals surface area contributed by atoms with Crippen LogP contribution in [0.5, 0.6) is 0 Å². The zero-order valence-electron chi connectivity index (χ0n) is 37.6. The summed E-state index contributed by atoms with van der Waals surface area (Å²) in [5.74, 6) is 1.50. The minimum Gasteiger partial charge on any atom is -0.344 e. The van der Waals surface area contributed by atoms with Crippen LogP contribution < -0.4 is 5.32 Å². The van der Waals surface area contributed by atoms with Crippen molar-refractivity contribution < 1.29 is 0 Å². The van der Waals surface area contributed by atoms with Gasteiger partial charge in [0.25, 0.3) is 0 Å². The van der Waals surface area contributed by atoms with Crippen LogP contribution in [-0.2, 0) is 0 Å². The average molecular weight is 902 g/mol. The number of fused-ring (bicyclic) bond motifs is 9. The molecule has 6 heteroatoms. The van der Waals surface area contributed by atoms with E-state index in [9.17, 15) is 0 Å². The molecular formula is C63H43N5S. The van der Waals surface area contributed by atoms with Gasteiger partial charge in [0.2, 0.25) is 0 Å². The van der Waals surface area contributed by atoms with Crippen molar-refractivity contribution in [2.75, 3.05) is 0 Å². The van der Waals surface area contributed by atoms with Crippen LogP contribution in [0, 0.1) is 0 Å². The van der Waals surface area contributed by atoms with E-state index in [0.29, 0.717) is 5.84 Å². The van der Waals surface area contributed by atoms with Crippen molar-refractivity contribution in [3.05, 3.63) is 241 Å². The Balaban J connectivity index is 0.954. The molecule has 1 atom stereocenters. The number of allylic oxidation sites excluding steroid dienone is 4. The number of hydrogen-bond donors (Lipinski definition) is 1. The fourth-order valence-corrected chi connectivity index (χ4v) is 12.1. The van der Waals surface area contributed by atoms with Crippen LogP contribution in [0.2, 0.25) is 0 Å². The fraction of sp³-hybridized carbons (Fsp3) is 0.0476. The first-order valence-electron chi connectivity index (χ1n) is 23.8. The van der Waals surface area contributed by atoms with Gasteiger partial charge in [0, 0.05) is 64.1 Å². The highest BCUT2D eigenvalue weighted by molar-refractivity contribution is 7.25. The molecule has 1 aliphatic carbocycles. The first-order chi connectivity index (χ1) is 34.2. The number of nitrogens with one attached hydrogen (secondary N) is 1. The third-order valence-corrected chi connectivity index (χ3v) is 15.2. The maximum atomic E-state index is 5.42. The summed E-state index contributed by atoms with van der Waals surface area (Å²) in [6.07, 6.45) is 8.65. The molecule has 1 N–H and O–H groups in total. The Labute approximate surface area is 403 Å². The van der Waals surface area contributed by atoms with Crippen molar-refractivity contribution in [1.82, 2.24) is 14.5 Å². The molecule has 0 bridgehead atoms. The van der Waals surface area contributed by atoms with Crippen molar-refractivity contribution in [2.45, 2.75) is 19.0 Å². The van der Waals surface area contributed by atoms with E-state index >= 15 is 0 Å². The molecule has 0 radical (unpaired) electrons. The summed E-state index contributed by atoms with van der Waals surface area (Å²) in [5, 5.41) is 11.3. The molecule has 1 unspecified atom stereocenters. The zero-order chi connectivity index (χ0) is 45.4. The molecule has 5 nitrogen and oxygen atoms in total. The van der Waals surface area contributed by atoms with Gasteiger partial charge in [-0.1, -0.05) is 176 Å². The monoisotopic (exact) mass is 901 g/mol. The molecule has 0 saturated carbocycles. The van der Waals surface area contributed by atoms with Crippen LogP contribution in [0.25, 0.3) is 97.4 Å². The van der Waals surface area contributed by atoms with Crippen LogP contribution in [0.4, 0.5) is 0 Å². The number of para-hydroxylation sites is 2. The lowest BCUT2D eigenvalue weighted by molar-refractivity contribution is 0.671. The average Bonchev–Trinajstić information content (AvgIpc) is 4.09. The minimum atomic E-state index is -0.426. The number of benzene rings is 9. The molecule has 0 amide bonds. The summed E-state index contributed by atoms with van der Waals surface area (Å²) in [6, 6.07) is 74.7. The smallest absolute Gasteiger partial charge is 0.159 e. The second kappa shape index (κ2) is 16.0. The lowest BCUT2D eigenvalue weighted by atomic mass is 9.95. The van der Waals surface area contributed by atoms with E-state index in [2.05, 4.69) is 233 Å². The molecule has 2 aliphatic rings. The summed E-state index contributed by atoms with van der Waals surface area (Å²) in [7, 11) is 0. The van der Waals surface area contributed by atoms with Gasteiger partial charge in [-0.15, -0.1) is 11.3 Å². The van der Waals surface area contributed by atoms with Crippen molar-refractivity contribution in [2.24, 2.45) is 9.98 Å². The quantitative estimate of drug-likeness (QED) is 0.170. The number of thiophene rings is 1. The van der Waals surface area contributed by atoms with Gasteiger partial charge in [0.15, 0.2) is 5.84 Å². The zero-order valence-corrected chi connectivity index (χ0v) is 38.4.